The Morgan fingerprint density at radius 2 is 1.76 bits per heavy atom. The van der Waals surface area contributed by atoms with E-state index in [9.17, 15) is 0 Å². The largest absolute Gasteiger partial charge is 0.327 e. The lowest BCUT2D eigenvalue weighted by atomic mass is 9.82. The summed E-state index contributed by atoms with van der Waals surface area (Å²) < 4.78 is 2.20. The molecule has 3 heteroatoms. The maximum absolute atomic E-state index is 6.42. The lowest BCUT2D eigenvalue weighted by Crippen LogP contribution is -2.38. The van der Waals surface area contributed by atoms with E-state index in [2.05, 4.69) is 48.8 Å². The fourth-order valence-electron chi connectivity index (χ4n) is 2.75. The van der Waals surface area contributed by atoms with Crippen molar-refractivity contribution in [1.82, 2.24) is 4.67 Å². The minimum absolute atomic E-state index is 0.347. The third-order valence-electron chi connectivity index (χ3n) is 4.64. The predicted molar refractivity (Wildman–Crippen MR) is 79.8 cm³/mol. The Morgan fingerprint density at radius 3 is 2.18 bits per heavy atom. The van der Waals surface area contributed by atoms with Gasteiger partial charge >= 0.3 is 0 Å². The monoisotopic (exact) mass is 258 g/mol. The second-order valence-corrected chi connectivity index (χ2v) is 7.61. The summed E-state index contributed by atoms with van der Waals surface area (Å²) >= 11 is 0. The highest BCUT2D eigenvalue weighted by atomic mass is 31.0. The molecule has 0 spiro atoms. The zero-order valence-electron chi connectivity index (χ0n) is 12.2. The van der Waals surface area contributed by atoms with E-state index in [0.717, 1.165) is 0 Å². The van der Waals surface area contributed by atoms with Crippen molar-refractivity contribution in [3.63, 3.8) is 0 Å². The molecule has 17 heavy (non-hydrogen) atoms. The fraction of sp³-hybridized carbons (Fsp3) is 1.00. The van der Waals surface area contributed by atoms with Crippen molar-refractivity contribution in [2.24, 2.45) is 23.0 Å². The van der Waals surface area contributed by atoms with Gasteiger partial charge in [0.05, 0.1) is 0 Å². The van der Waals surface area contributed by atoms with Crippen LogP contribution in [0.25, 0.3) is 0 Å². The molecule has 0 radical (unpaired) electrons. The molecule has 1 aliphatic rings. The summed E-state index contributed by atoms with van der Waals surface area (Å²) in [6.45, 7) is 9.31. The second-order valence-electron chi connectivity index (χ2n) is 6.80. The first-order chi connectivity index (χ1) is 7.75. The highest BCUT2D eigenvalue weighted by Gasteiger charge is 2.39. The van der Waals surface area contributed by atoms with Gasteiger partial charge in [-0.2, -0.15) is 0 Å². The van der Waals surface area contributed by atoms with Crippen molar-refractivity contribution in [2.45, 2.75) is 65.5 Å². The standard InChI is InChI=1S/C14H31N2P/c1-10(8-12(3)16(5)17)13(15)11(2)9-14(4)6-7-14/h10-13H,6-9,15,17H2,1-5H3. The van der Waals surface area contributed by atoms with Crippen molar-refractivity contribution >= 4 is 9.39 Å². The van der Waals surface area contributed by atoms with E-state index in [-0.39, 0.29) is 0 Å². The molecular formula is C14H31N2P. The van der Waals surface area contributed by atoms with Crippen LogP contribution < -0.4 is 5.73 Å². The Bertz CT molecular complexity index is 238. The molecule has 0 saturated heterocycles. The smallest absolute Gasteiger partial charge is 0.0101 e. The number of nitrogens with zero attached hydrogens (tertiary/aromatic N) is 1. The van der Waals surface area contributed by atoms with Gasteiger partial charge in [0.2, 0.25) is 0 Å². The first-order valence-corrected chi connectivity index (χ1v) is 7.50. The molecule has 0 aromatic rings. The second kappa shape index (κ2) is 5.99. The molecule has 0 amide bonds. The van der Waals surface area contributed by atoms with Crippen LogP contribution in [-0.4, -0.2) is 23.8 Å². The number of hydrogen-bond donors (Lipinski definition) is 1. The maximum Gasteiger partial charge on any atom is 0.0101 e. The number of nitrogens with two attached hydrogens (primary N) is 1. The van der Waals surface area contributed by atoms with Gasteiger partial charge in [0.25, 0.3) is 0 Å². The van der Waals surface area contributed by atoms with Crippen molar-refractivity contribution < 1.29 is 0 Å². The van der Waals surface area contributed by atoms with Crippen LogP contribution in [0, 0.1) is 17.3 Å². The van der Waals surface area contributed by atoms with E-state index < -0.39 is 0 Å². The Hall–Kier alpha value is 0.350. The summed E-state index contributed by atoms with van der Waals surface area (Å²) in [7, 11) is 4.87. The van der Waals surface area contributed by atoms with Gasteiger partial charge in [-0.1, -0.05) is 30.2 Å². The lowest BCUT2D eigenvalue weighted by Gasteiger charge is -2.31. The van der Waals surface area contributed by atoms with Crippen LogP contribution in [0.15, 0.2) is 0 Å². The van der Waals surface area contributed by atoms with Crippen LogP contribution in [0.1, 0.15) is 53.4 Å². The minimum Gasteiger partial charge on any atom is -0.327 e. The van der Waals surface area contributed by atoms with Crippen LogP contribution in [0.5, 0.6) is 0 Å². The minimum atomic E-state index is 0.347. The van der Waals surface area contributed by atoms with E-state index in [1.165, 1.54) is 25.7 Å². The molecule has 1 saturated carbocycles. The maximum atomic E-state index is 6.42. The lowest BCUT2D eigenvalue weighted by molar-refractivity contribution is 0.247. The molecule has 1 aliphatic carbocycles. The van der Waals surface area contributed by atoms with Gasteiger partial charge < -0.3 is 5.73 Å². The third kappa shape index (κ3) is 4.85. The topological polar surface area (TPSA) is 29.3 Å². The molecule has 5 atom stereocenters. The molecule has 2 N–H and O–H groups in total. The van der Waals surface area contributed by atoms with Gasteiger partial charge in [-0.3, -0.25) is 4.67 Å². The zero-order valence-corrected chi connectivity index (χ0v) is 13.4. The fourth-order valence-corrected chi connectivity index (χ4v) is 2.87. The molecule has 1 rings (SSSR count). The van der Waals surface area contributed by atoms with Crippen LogP contribution in [-0.2, 0) is 0 Å². The van der Waals surface area contributed by atoms with Gasteiger partial charge in [0.1, 0.15) is 0 Å². The quantitative estimate of drug-likeness (QED) is 0.710. The molecule has 0 aromatic carbocycles. The zero-order chi connectivity index (χ0) is 13.2. The molecule has 5 unspecified atom stereocenters. The van der Waals surface area contributed by atoms with Gasteiger partial charge in [-0.25, -0.2) is 0 Å². The van der Waals surface area contributed by atoms with Crippen molar-refractivity contribution in [2.75, 3.05) is 7.05 Å². The Balaban J connectivity index is 2.36. The molecule has 0 aliphatic heterocycles. The first-order valence-electron chi connectivity index (χ1n) is 6.98. The number of rotatable bonds is 7. The Kier molecular flexibility index (Phi) is 5.43. The van der Waals surface area contributed by atoms with Crippen LogP contribution in [0.2, 0.25) is 0 Å². The summed E-state index contributed by atoms with van der Waals surface area (Å²) in [5, 5.41) is 0. The molecule has 0 heterocycles. The Labute approximate surface area is 110 Å². The first kappa shape index (κ1) is 15.4. The average molecular weight is 258 g/mol. The average Bonchev–Trinajstić information content (AvgIpc) is 2.94. The summed E-state index contributed by atoms with van der Waals surface area (Å²) in [6, 6.07) is 0.935. The molecule has 0 aromatic heterocycles. The van der Waals surface area contributed by atoms with E-state index in [0.29, 0.717) is 29.3 Å². The van der Waals surface area contributed by atoms with E-state index in [1.807, 2.05) is 0 Å². The van der Waals surface area contributed by atoms with E-state index >= 15 is 0 Å². The highest BCUT2D eigenvalue weighted by Crippen LogP contribution is 2.50. The summed E-state index contributed by atoms with van der Waals surface area (Å²) in [5.41, 5.74) is 7.04. The molecule has 0 bridgehead atoms. The molecule has 2 nitrogen and oxygen atoms in total. The predicted octanol–water partition coefficient (Wildman–Crippen LogP) is 3.28. The molecule has 1 fully saturated rings. The molecule has 102 valence electrons. The van der Waals surface area contributed by atoms with Gasteiger partial charge in [0, 0.05) is 12.1 Å². The normalized spacial score (nSPS) is 25.4. The summed E-state index contributed by atoms with van der Waals surface area (Å²) in [4.78, 5) is 0. The van der Waals surface area contributed by atoms with Crippen LogP contribution in [0.3, 0.4) is 0 Å². The number of hydrogen-bond acceptors (Lipinski definition) is 2. The van der Waals surface area contributed by atoms with Gasteiger partial charge in [-0.05, 0) is 56.9 Å². The third-order valence-corrected chi connectivity index (χ3v) is 5.15. The van der Waals surface area contributed by atoms with Gasteiger partial charge in [-0.15, -0.1) is 0 Å². The van der Waals surface area contributed by atoms with Crippen LogP contribution in [0.4, 0.5) is 0 Å². The van der Waals surface area contributed by atoms with Crippen molar-refractivity contribution in [3.8, 4) is 0 Å². The van der Waals surface area contributed by atoms with Crippen molar-refractivity contribution in [3.05, 3.63) is 0 Å². The van der Waals surface area contributed by atoms with Crippen molar-refractivity contribution in [1.29, 1.82) is 0 Å². The van der Waals surface area contributed by atoms with Gasteiger partial charge in [0.15, 0.2) is 0 Å². The highest BCUT2D eigenvalue weighted by molar-refractivity contribution is 7.13. The SMILES string of the molecule is CC(CC(C)N(C)P)C(N)C(C)CC1(C)CC1. The van der Waals surface area contributed by atoms with E-state index in [4.69, 9.17) is 5.73 Å². The summed E-state index contributed by atoms with van der Waals surface area (Å²) in [5.74, 6) is 1.25. The summed E-state index contributed by atoms with van der Waals surface area (Å²) in [6.07, 6.45) is 5.30. The van der Waals surface area contributed by atoms with E-state index in [1.54, 1.807) is 0 Å². The Morgan fingerprint density at radius 1 is 1.24 bits per heavy atom. The van der Waals surface area contributed by atoms with Crippen LogP contribution >= 0.6 is 9.39 Å². The molecular weight excluding hydrogens is 227 g/mol.